The molecule has 1 heterocycles. The predicted molar refractivity (Wildman–Crippen MR) is 106 cm³/mol. The van der Waals surface area contributed by atoms with Crippen molar-refractivity contribution in [3.63, 3.8) is 0 Å². The van der Waals surface area contributed by atoms with E-state index in [-0.39, 0.29) is 6.04 Å². The Kier molecular flexibility index (Phi) is 6.02. The van der Waals surface area contributed by atoms with Gasteiger partial charge in [-0.2, -0.15) is 10.1 Å². The number of hydrogen-bond donors (Lipinski definition) is 1. The molecule has 134 valence electrons. The summed E-state index contributed by atoms with van der Waals surface area (Å²) in [7, 11) is 0. The van der Waals surface area contributed by atoms with Crippen molar-refractivity contribution in [1.82, 2.24) is 15.2 Å². The summed E-state index contributed by atoms with van der Waals surface area (Å²) in [6.07, 6.45) is 1.64. The highest BCUT2D eigenvalue weighted by molar-refractivity contribution is 6.30. The van der Waals surface area contributed by atoms with E-state index in [1.807, 2.05) is 42.5 Å². The molecule has 0 radical (unpaired) electrons. The third kappa shape index (κ3) is 4.92. The van der Waals surface area contributed by atoms with E-state index in [1.54, 1.807) is 6.20 Å². The Morgan fingerprint density at radius 1 is 1.00 bits per heavy atom. The Labute approximate surface area is 159 Å². The van der Waals surface area contributed by atoms with E-state index >= 15 is 0 Å². The Hall–Kier alpha value is -2.66. The average Bonchev–Trinajstić information content (AvgIpc) is 2.66. The molecule has 1 aromatic heterocycles. The van der Waals surface area contributed by atoms with Crippen LogP contribution in [0.5, 0.6) is 0 Å². The molecule has 5 nitrogen and oxygen atoms in total. The van der Waals surface area contributed by atoms with Gasteiger partial charge in [0.05, 0.1) is 6.20 Å². The van der Waals surface area contributed by atoms with Gasteiger partial charge < -0.3 is 10.2 Å². The minimum Gasteiger partial charge on any atom is -0.365 e. The number of aromatic nitrogens is 3. The maximum absolute atomic E-state index is 5.92. The zero-order valence-corrected chi connectivity index (χ0v) is 15.7. The normalized spacial score (nSPS) is 10.8. The lowest BCUT2D eigenvalue weighted by atomic mass is 10.2. The number of anilines is 2. The van der Waals surface area contributed by atoms with E-state index in [9.17, 15) is 0 Å². The molecular formula is C20H22ClN5. The molecule has 0 aliphatic carbocycles. The van der Waals surface area contributed by atoms with Crippen molar-refractivity contribution in [2.24, 2.45) is 0 Å². The summed E-state index contributed by atoms with van der Waals surface area (Å²) in [5.41, 5.74) is 2.34. The zero-order chi connectivity index (χ0) is 18.4. The fraction of sp³-hybridized carbons (Fsp3) is 0.250. The molecular weight excluding hydrogens is 346 g/mol. The van der Waals surface area contributed by atoms with E-state index in [0.29, 0.717) is 18.3 Å². The Balaban J connectivity index is 1.72. The van der Waals surface area contributed by atoms with Crippen molar-refractivity contribution in [1.29, 1.82) is 0 Å². The fourth-order valence-electron chi connectivity index (χ4n) is 2.56. The van der Waals surface area contributed by atoms with Crippen LogP contribution in [-0.4, -0.2) is 21.2 Å². The first-order valence-electron chi connectivity index (χ1n) is 8.60. The monoisotopic (exact) mass is 367 g/mol. The molecule has 1 N–H and O–H groups in total. The summed E-state index contributed by atoms with van der Waals surface area (Å²) < 4.78 is 0. The van der Waals surface area contributed by atoms with Crippen molar-refractivity contribution in [3.8, 4) is 0 Å². The molecule has 0 amide bonds. The largest absolute Gasteiger partial charge is 0.365 e. The quantitative estimate of drug-likeness (QED) is 0.663. The third-order valence-corrected chi connectivity index (χ3v) is 4.26. The standard InChI is InChI=1S/C20H22ClN5/c1-15(2)26(14-17-6-4-3-5-7-17)20-24-19(13-23-25-20)22-12-16-8-10-18(21)11-9-16/h3-11,13,15H,12,14H2,1-2H3,(H,22,24,25). The smallest absolute Gasteiger partial charge is 0.247 e. The van der Waals surface area contributed by atoms with Gasteiger partial charge in [0.2, 0.25) is 5.95 Å². The fourth-order valence-corrected chi connectivity index (χ4v) is 2.69. The van der Waals surface area contributed by atoms with Gasteiger partial charge in [0.25, 0.3) is 0 Å². The number of nitrogens with zero attached hydrogens (tertiary/aromatic N) is 4. The Bertz CT molecular complexity index is 821. The molecule has 0 saturated carbocycles. The number of hydrogen-bond acceptors (Lipinski definition) is 5. The van der Waals surface area contributed by atoms with Gasteiger partial charge in [-0.1, -0.05) is 54.1 Å². The van der Waals surface area contributed by atoms with Gasteiger partial charge in [0.15, 0.2) is 5.82 Å². The van der Waals surface area contributed by atoms with Crippen LogP contribution in [0.1, 0.15) is 25.0 Å². The molecule has 0 fully saturated rings. The molecule has 26 heavy (non-hydrogen) atoms. The second kappa shape index (κ2) is 8.63. The van der Waals surface area contributed by atoms with Crippen LogP contribution in [0, 0.1) is 0 Å². The van der Waals surface area contributed by atoms with Gasteiger partial charge in [-0.25, -0.2) is 0 Å². The first kappa shape index (κ1) is 18.1. The maximum Gasteiger partial charge on any atom is 0.247 e. The van der Waals surface area contributed by atoms with Crippen LogP contribution in [0.3, 0.4) is 0 Å². The number of nitrogens with one attached hydrogen (secondary N) is 1. The van der Waals surface area contributed by atoms with Crippen molar-refractivity contribution >= 4 is 23.4 Å². The number of halogens is 1. The molecule has 0 atom stereocenters. The van der Waals surface area contributed by atoms with Crippen LogP contribution < -0.4 is 10.2 Å². The van der Waals surface area contributed by atoms with Crippen molar-refractivity contribution in [2.45, 2.75) is 33.0 Å². The first-order valence-corrected chi connectivity index (χ1v) is 8.98. The second-order valence-corrected chi connectivity index (χ2v) is 6.77. The molecule has 0 spiro atoms. The summed E-state index contributed by atoms with van der Waals surface area (Å²) in [6.45, 7) is 5.64. The van der Waals surface area contributed by atoms with Gasteiger partial charge >= 0.3 is 0 Å². The highest BCUT2D eigenvalue weighted by atomic mass is 35.5. The highest BCUT2D eigenvalue weighted by Crippen LogP contribution is 2.17. The first-order chi connectivity index (χ1) is 12.6. The molecule has 3 rings (SSSR count). The Morgan fingerprint density at radius 2 is 1.73 bits per heavy atom. The van der Waals surface area contributed by atoms with Crippen LogP contribution in [0.2, 0.25) is 5.02 Å². The summed E-state index contributed by atoms with van der Waals surface area (Å²) in [5, 5.41) is 12.4. The summed E-state index contributed by atoms with van der Waals surface area (Å²) in [4.78, 5) is 6.77. The van der Waals surface area contributed by atoms with Gasteiger partial charge in [-0.3, -0.25) is 0 Å². The van der Waals surface area contributed by atoms with Gasteiger partial charge in [0.1, 0.15) is 0 Å². The summed E-state index contributed by atoms with van der Waals surface area (Å²) in [5.74, 6) is 1.31. The molecule has 0 aliphatic heterocycles. The predicted octanol–water partition coefficient (Wildman–Crippen LogP) is 4.55. The number of rotatable bonds is 7. The molecule has 0 saturated heterocycles. The van der Waals surface area contributed by atoms with Crippen LogP contribution in [0.25, 0.3) is 0 Å². The lowest BCUT2D eigenvalue weighted by Crippen LogP contribution is -2.32. The molecule has 0 aliphatic rings. The van der Waals surface area contributed by atoms with Crippen LogP contribution >= 0.6 is 11.6 Å². The summed E-state index contributed by atoms with van der Waals surface area (Å²) >= 11 is 5.92. The zero-order valence-electron chi connectivity index (χ0n) is 14.9. The molecule has 2 aromatic carbocycles. The lowest BCUT2D eigenvalue weighted by Gasteiger charge is -2.26. The average molecular weight is 368 g/mol. The van der Waals surface area contributed by atoms with Crippen molar-refractivity contribution in [2.75, 3.05) is 10.2 Å². The minimum absolute atomic E-state index is 0.253. The van der Waals surface area contributed by atoms with Gasteiger partial charge in [-0.05, 0) is 37.1 Å². The maximum atomic E-state index is 5.92. The van der Waals surface area contributed by atoms with Crippen molar-refractivity contribution < 1.29 is 0 Å². The Morgan fingerprint density at radius 3 is 2.42 bits per heavy atom. The van der Waals surface area contributed by atoms with Crippen LogP contribution in [0.15, 0.2) is 60.8 Å². The van der Waals surface area contributed by atoms with E-state index in [4.69, 9.17) is 11.6 Å². The van der Waals surface area contributed by atoms with Crippen LogP contribution in [0.4, 0.5) is 11.8 Å². The molecule has 0 bridgehead atoms. The topological polar surface area (TPSA) is 53.9 Å². The van der Waals surface area contributed by atoms with Crippen molar-refractivity contribution in [3.05, 3.63) is 76.9 Å². The highest BCUT2D eigenvalue weighted by Gasteiger charge is 2.15. The molecule has 0 unspecified atom stereocenters. The summed E-state index contributed by atoms with van der Waals surface area (Å²) in [6, 6.07) is 18.3. The SMILES string of the molecule is CC(C)N(Cc1ccccc1)c1nncc(NCc2ccc(Cl)cc2)n1. The van der Waals surface area contributed by atoms with E-state index in [0.717, 1.165) is 17.1 Å². The van der Waals surface area contributed by atoms with Gasteiger partial charge in [-0.15, -0.1) is 5.10 Å². The number of benzene rings is 2. The lowest BCUT2D eigenvalue weighted by molar-refractivity contribution is 0.652. The molecule has 6 heteroatoms. The third-order valence-electron chi connectivity index (χ3n) is 4.01. The minimum atomic E-state index is 0.253. The molecule has 3 aromatic rings. The second-order valence-electron chi connectivity index (χ2n) is 6.33. The van der Waals surface area contributed by atoms with E-state index in [1.165, 1.54) is 5.56 Å². The van der Waals surface area contributed by atoms with Crippen LogP contribution in [-0.2, 0) is 13.1 Å². The van der Waals surface area contributed by atoms with E-state index < -0.39 is 0 Å². The van der Waals surface area contributed by atoms with E-state index in [2.05, 4.69) is 51.4 Å². The van der Waals surface area contributed by atoms with Gasteiger partial charge in [0, 0.05) is 24.2 Å².